The number of benzene rings is 2. The number of ether oxygens (including phenoxy) is 1. The lowest BCUT2D eigenvalue weighted by atomic mass is 10.1. The fourth-order valence-electron chi connectivity index (χ4n) is 2.90. The number of amides is 2. The Morgan fingerprint density at radius 3 is 2.61 bits per heavy atom. The Hall–Kier alpha value is -3.29. The van der Waals surface area contributed by atoms with E-state index >= 15 is 0 Å². The molecule has 1 fully saturated rings. The first-order chi connectivity index (χ1) is 13.4. The van der Waals surface area contributed by atoms with Crippen molar-refractivity contribution in [3.8, 4) is 0 Å². The van der Waals surface area contributed by atoms with Crippen LogP contribution in [-0.4, -0.2) is 31.4 Å². The molecule has 2 aromatic rings. The molecule has 2 atom stereocenters. The molecule has 2 unspecified atom stereocenters. The van der Waals surface area contributed by atoms with E-state index in [1.807, 2.05) is 0 Å². The summed E-state index contributed by atoms with van der Waals surface area (Å²) in [6.07, 6.45) is 0.538. The second kappa shape index (κ2) is 8.16. The quantitative estimate of drug-likeness (QED) is 0.745. The molecular weight excluding hydrogens is 370 g/mol. The number of halogens is 2. The zero-order chi connectivity index (χ0) is 20.3. The van der Waals surface area contributed by atoms with E-state index in [9.17, 15) is 23.2 Å². The fraction of sp³-hybridized carbons (Fsp3) is 0.250. The molecule has 1 saturated carbocycles. The van der Waals surface area contributed by atoms with E-state index in [-0.39, 0.29) is 29.9 Å². The molecule has 6 nitrogen and oxygen atoms in total. The molecule has 0 aliphatic heterocycles. The standard InChI is InChI=1S/C20H18F2N2O4/c1-28-18(25)10-23-19(26)12-3-2-4-13(7-12)24-20(27)15-9-14(15)11-5-6-16(21)17(22)8-11/h2-8,14-15H,9-10H2,1H3,(H,23,26)(H,24,27). The molecule has 8 heteroatoms. The smallest absolute Gasteiger partial charge is 0.325 e. The first kappa shape index (κ1) is 19.5. The van der Waals surface area contributed by atoms with Crippen molar-refractivity contribution in [3.63, 3.8) is 0 Å². The van der Waals surface area contributed by atoms with E-state index in [1.54, 1.807) is 18.2 Å². The number of anilines is 1. The van der Waals surface area contributed by atoms with Crippen LogP contribution in [0.2, 0.25) is 0 Å². The highest BCUT2D eigenvalue weighted by Gasteiger charge is 2.44. The van der Waals surface area contributed by atoms with Crippen molar-refractivity contribution >= 4 is 23.5 Å². The lowest BCUT2D eigenvalue weighted by Gasteiger charge is -2.08. The first-order valence-electron chi connectivity index (χ1n) is 8.60. The lowest BCUT2D eigenvalue weighted by molar-refractivity contribution is -0.139. The van der Waals surface area contributed by atoms with Crippen molar-refractivity contribution in [1.29, 1.82) is 0 Å². The summed E-state index contributed by atoms with van der Waals surface area (Å²) < 4.78 is 30.8. The Kier molecular flexibility index (Phi) is 5.67. The Morgan fingerprint density at radius 1 is 1.11 bits per heavy atom. The van der Waals surface area contributed by atoms with Crippen molar-refractivity contribution in [1.82, 2.24) is 5.32 Å². The highest BCUT2D eigenvalue weighted by atomic mass is 19.2. The number of esters is 1. The van der Waals surface area contributed by atoms with Crippen LogP contribution in [0, 0.1) is 17.6 Å². The van der Waals surface area contributed by atoms with Gasteiger partial charge in [0.15, 0.2) is 11.6 Å². The third-order valence-corrected chi connectivity index (χ3v) is 4.51. The predicted molar refractivity (Wildman–Crippen MR) is 96.6 cm³/mol. The lowest BCUT2D eigenvalue weighted by Crippen LogP contribution is -2.30. The molecule has 0 saturated heterocycles. The second-order valence-electron chi connectivity index (χ2n) is 6.45. The van der Waals surface area contributed by atoms with Crippen LogP contribution in [0.4, 0.5) is 14.5 Å². The summed E-state index contributed by atoms with van der Waals surface area (Å²) in [6, 6.07) is 9.89. The SMILES string of the molecule is COC(=O)CNC(=O)c1cccc(NC(=O)C2CC2c2ccc(F)c(F)c2)c1. The van der Waals surface area contributed by atoms with Crippen LogP contribution in [0.25, 0.3) is 0 Å². The van der Waals surface area contributed by atoms with Gasteiger partial charge in [-0.1, -0.05) is 12.1 Å². The third kappa shape index (κ3) is 4.51. The molecule has 2 N–H and O–H groups in total. The summed E-state index contributed by atoms with van der Waals surface area (Å²) in [5.74, 6) is -3.69. The minimum atomic E-state index is -0.936. The topological polar surface area (TPSA) is 84.5 Å². The van der Waals surface area contributed by atoms with Crippen molar-refractivity contribution in [2.75, 3.05) is 19.0 Å². The summed E-state index contributed by atoms with van der Waals surface area (Å²) in [5, 5.41) is 5.13. The van der Waals surface area contributed by atoms with Crippen LogP contribution in [0.5, 0.6) is 0 Å². The average molecular weight is 388 g/mol. The number of hydrogen-bond acceptors (Lipinski definition) is 4. The molecule has 0 heterocycles. The van der Waals surface area contributed by atoms with E-state index < -0.39 is 23.5 Å². The number of rotatable bonds is 6. The molecule has 1 aliphatic rings. The van der Waals surface area contributed by atoms with Gasteiger partial charge in [0.25, 0.3) is 5.91 Å². The van der Waals surface area contributed by atoms with Crippen LogP contribution in [0.15, 0.2) is 42.5 Å². The van der Waals surface area contributed by atoms with Crippen molar-refractivity contribution in [2.45, 2.75) is 12.3 Å². The summed E-state index contributed by atoms with van der Waals surface area (Å²) in [7, 11) is 1.22. The van der Waals surface area contributed by atoms with Crippen LogP contribution in [-0.2, 0) is 14.3 Å². The molecule has 1 aliphatic carbocycles. The van der Waals surface area contributed by atoms with Gasteiger partial charge < -0.3 is 15.4 Å². The van der Waals surface area contributed by atoms with Crippen LogP contribution in [0.1, 0.15) is 28.3 Å². The van der Waals surface area contributed by atoms with Gasteiger partial charge in [-0.25, -0.2) is 8.78 Å². The Labute approximate surface area is 159 Å². The van der Waals surface area contributed by atoms with Crippen LogP contribution >= 0.6 is 0 Å². The second-order valence-corrected chi connectivity index (χ2v) is 6.45. The third-order valence-electron chi connectivity index (χ3n) is 4.51. The van der Waals surface area contributed by atoms with Crippen molar-refractivity contribution in [2.24, 2.45) is 5.92 Å². The molecule has 2 amide bonds. The van der Waals surface area contributed by atoms with Gasteiger partial charge in [-0.3, -0.25) is 14.4 Å². The van der Waals surface area contributed by atoms with Gasteiger partial charge in [-0.2, -0.15) is 0 Å². The van der Waals surface area contributed by atoms with E-state index in [0.29, 0.717) is 17.7 Å². The van der Waals surface area contributed by atoms with Gasteiger partial charge in [0.1, 0.15) is 6.54 Å². The molecule has 0 bridgehead atoms. The van der Waals surface area contributed by atoms with E-state index in [2.05, 4.69) is 15.4 Å². The largest absolute Gasteiger partial charge is 0.468 e. The first-order valence-corrected chi connectivity index (χ1v) is 8.60. The average Bonchev–Trinajstić information content (AvgIpc) is 3.49. The fourth-order valence-corrected chi connectivity index (χ4v) is 2.90. The minimum Gasteiger partial charge on any atom is -0.468 e. The summed E-state index contributed by atoms with van der Waals surface area (Å²) in [5.41, 5.74) is 1.27. The molecule has 3 rings (SSSR count). The molecule has 2 aromatic carbocycles. The van der Waals surface area contributed by atoms with Gasteiger partial charge in [-0.15, -0.1) is 0 Å². The monoisotopic (exact) mass is 388 g/mol. The highest BCUT2D eigenvalue weighted by molar-refractivity contribution is 5.99. The minimum absolute atomic E-state index is 0.165. The number of carbonyl (C=O) groups excluding carboxylic acids is 3. The number of carbonyl (C=O) groups is 3. The Morgan fingerprint density at radius 2 is 1.89 bits per heavy atom. The Balaban J connectivity index is 1.60. The van der Waals surface area contributed by atoms with Crippen molar-refractivity contribution in [3.05, 3.63) is 65.2 Å². The molecular formula is C20H18F2N2O4. The van der Waals surface area contributed by atoms with E-state index in [0.717, 1.165) is 12.1 Å². The number of hydrogen-bond donors (Lipinski definition) is 2. The molecule has 146 valence electrons. The number of nitrogens with one attached hydrogen (secondary N) is 2. The zero-order valence-corrected chi connectivity index (χ0v) is 15.0. The Bertz CT molecular complexity index is 932. The molecule has 0 spiro atoms. The maximum absolute atomic E-state index is 13.4. The van der Waals surface area contributed by atoms with Gasteiger partial charge in [0.2, 0.25) is 5.91 Å². The summed E-state index contributed by atoms with van der Waals surface area (Å²) in [4.78, 5) is 35.5. The van der Waals surface area contributed by atoms with Crippen LogP contribution in [0.3, 0.4) is 0 Å². The predicted octanol–water partition coefficient (Wildman–Crippen LogP) is 2.61. The van der Waals surface area contributed by atoms with Crippen LogP contribution < -0.4 is 10.6 Å². The maximum atomic E-state index is 13.4. The van der Waals surface area contributed by atoms with Crippen molar-refractivity contribution < 1.29 is 27.9 Å². The van der Waals surface area contributed by atoms with Gasteiger partial charge >= 0.3 is 5.97 Å². The highest BCUT2D eigenvalue weighted by Crippen LogP contribution is 2.48. The number of methoxy groups -OCH3 is 1. The van der Waals surface area contributed by atoms with E-state index in [4.69, 9.17) is 0 Å². The summed E-state index contributed by atoms with van der Waals surface area (Å²) in [6.45, 7) is -0.260. The molecule has 0 radical (unpaired) electrons. The van der Waals surface area contributed by atoms with E-state index in [1.165, 1.54) is 19.2 Å². The normalized spacial score (nSPS) is 17.5. The maximum Gasteiger partial charge on any atom is 0.325 e. The van der Waals surface area contributed by atoms with Gasteiger partial charge in [0.05, 0.1) is 7.11 Å². The molecule has 28 heavy (non-hydrogen) atoms. The van der Waals surface area contributed by atoms with Gasteiger partial charge in [-0.05, 0) is 48.2 Å². The zero-order valence-electron chi connectivity index (χ0n) is 15.0. The summed E-state index contributed by atoms with van der Waals surface area (Å²) >= 11 is 0. The van der Waals surface area contributed by atoms with Gasteiger partial charge in [0, 0.05) is 17.2 Å². The molecule has 0 aromatic heterocycles.